The number of rotatable bonds is 5. The average Bonchev–Trinajstić information content (AvgIpc) is 3.28. The molecule has 4 aromatic carbocycles. The van der Waals surface area contributed by atoms with Crippen molar-refractivity contribution in [3.05, 3.63) is 113 Å². The van der Waals surface area contributed by atoms with Crippen LogP contribution in [-0.4, -0.2) is 4.98 Å². The van der Waals surface area contributed by atoms with E-state index in [0.29, 0.717) is 11.6 Å². The largest absolute Gasteiger partial charge is 0.446 e. The molecule has 2 heterocycles. The predicted octanol–water partition coefficient (Wildman–Crippen LogP) is 10.1. The van der Waals surface area contributed by atoms with Gasteiger partial charge < -0.3 is 4.42 Å². The Labute approximate surface area is 225 Å². The van der Waals surface area contributed by atoms with E-state index in [9.17, 15) is 0 Å². The van der Waals surface area contributed by atoms with Crippen LogP contribution in [0.25, 0.3) is 55.4 Å². The highest BCUT2D eigenvalue weighted by molar-refractivity contribution is 6.02. The van der Waals surface area contributed by atoms with Crippen LogP contribution in [0.1, 0.15) is 36.1 Å². The van der Waals surface area contributed by atoms with Crippen molar-refractivity contribution in [2.24, 2.45) is 5.92 Å². The molecule has 0 atom stereocenters. The lowest BCUT2D eigenvalue weighted by Crippen LogP contribution is -1.99. The fraction of sp³-hybridized carbons (Fsp3) is 0.194. The van der Waals surface area contributed by atoms with Crippen molar-refractivity contribution in [2.45, 2.75) is 41.0 Å². The normalized spacial score (nSPS) is 11.6. The van der Waals surface area contributed by atoms with Gasteiger partial charge in [-0.25, -0.2) is 4.98 Å². The van der Waals surface area contributed by atoms with E-state index in [1.54, 1.807) is 0 Å². The van der Waals surface area contributed by atoms with Crippen LogP contribution < -0.4 is 0 Å². The maximum absolute atomic E-state index is 6.02. The Bertz CT molecular complexity index is 1770. The Balaban J connectivity index is 1.60. The van der Waals surface area contributed by atoms with E-state index in [2.05, 4.69) is 120 Å². The standard InChI is InChI=1S/C36H33NO/c1-22(2)15-26-16-23(3)34(24(4)17-26)32-20-33(37-36-35(32)25(5)21-38-36)29-18-28-13-9-10-14-30(28)31(19-29)27-11-7-6-8-12-27/h6-14,16-22H,15H2,1-5H3. The summed E-state index contributed by atoms with van der Waals surface area (Å²) in [6.45, 7) is 11.1. The van der Waals surface area contributed by atoms with Crippen LogP contribution in [-0.2, 0) is 6.42 Å². The molecule has 6 rings (SSSR count). The molecule has 2 heteroatoms. The summed E-state index contributed by atoms with van der Waals surface area (Å²) in [6, 6.07) is 30.7. The van der Waals surface area contributed by atoms with Crippen LogP contribution in [0.2, 0.25) is 0 Å². The summed E-state index contributed by atoms with van der Waals surface area (Å²) >= 11 is 0. The highest BCUT2D eigenvalue weighted by atomic mass is 16.3. The second-order valence-electron chi connectivity index (χ2n) is 11.0. The van der Waals surface area contributed by atoms with Gasteiger partial charge in [0.05, 0.1) is 17.3 Å². The number of aromatic nitrogens is 1. The summed E-state index contributed by atoms with van der Waals surface area (Å²) in [6.07, 6.45) is 2.92. The fourth-order valence-electron chi connectivity index (χ4n) is 5.92. The van der Waals surface area contributed by atoms with Gasteiger partial charge in [0.1, 0.15) is 0 Å². The van der Waals surface area contributed by atoms with Crippen LogP contribution in [0.3, 0.4) is 0 Å². The molecule has 2 nitrogen and oxygen atoms in total. The molecule has 0 aliphatic rings. The average molecular weight is 496 g/mol. The van der Waals surface area contributed by atoms with E-state index in [4.69, 9.17) is 9.40 Å². The van der Waals surface area contributed by atoms with E-state index in [1.165, 1.54) is 49.7 Å². The minimum absolute atomic E-state index is 0.627. The maximum Gasteiger partial charge on any atom is 0.227 e. The first-order chi connectivity index (χ1) is 18.4. The highest BCUT2D eigenvalue weighted by Gasteiger charge is 2.19. The van der Waals surface area contributed by atoms with Crippen molar-refractivity contribution < 1.29 is 4.42 Å². The third-order valence-electron chi connectivity index (χ3n) is 7.48. The van der Waals surface area contributed by atoms with Crippen LogP contribution in [0.5, 0.6) is 0 Å². The summed E-state index contributed by atoms with van der Waals surface area (Å²) in [4.78, 5) is 5.04. The van der Waals surface area contributed by atoms with Gasteiger partial charge in [0.15, 0.2) is 0 Å². The second-order valence-corrected chi connectivity index (χ2v) is 11.0. The van der Waals surface area contributed by atoms with Crippen molar-refractivity contribution in [3.8, 4) is 33.5 Å². The van der Waals surface area contributed by atoms with E-state index in [0.717, 1.165) is 28.6 Å². The van der Waals surface area contributed by atoms with Crippen LogP contribution >= 0.6 is 0 Å². The first-order valence-electron chi connectivity index (χ1n) is 13.5. The molecule has 0 spiro atoms. The Morgan fingerprint density at radius 1 is 0.711 bits per heavy atom. The van der Waals surface area contributed by atoms with E-state index in [-0.39, 0.29) is 0 Å². The number of aryl methyl sites for hydroxylation is 3. The highest BCUT2D eigenvalue weighted by Crippen LogP contribution is 2.40. The molecular weight excluding hydrogens is 462 g/mol. The van der Waals surface area contributed by atoms with Gasteiger partial charge in [-0.2, -0.15) is 0 Å². The molecule has 0 fully saturated rings. The molecular formula is C36H33NO. The molecule has 0 saturated carbocycles. The van der Waals surface area contributed by atoms with E-state index < -0.39 is 0 Å². The SMILES string of the molecule is Cc1cc(CC(C)C)cc(C)c1-c1cc(-c2cc(-c3ccccc3)c3ccccc3c2)nc2occ(C)c12. The monoisotopic (exact) mass is 495 g/mol. The number of fused-ring (bicyclic) bond motifs is 2. The Morgan fingerprint density at radius 3 is 2.16 bits per heavy atom. The van der Waals surface area contributed by atoms with Gasteiger partial charge >= 0.3 is 0 Å². The lowest BCUT2D eigenvalue weighted by molar-refractivity contribution is 0.601. The summed E-state index contributed by atoms with van der Waals surface area (Å²) in [5.41, 5.74) is 12.7. The van der Waals surface area contributed by atoms with E-state index in [1.807, 2.05) is 6.26 Å². The van der Waals surface area contributed by atoms with Crippen molar-refractivity contribution in [3.63, 3.8) is 0 Å². The van der Waals surface area contributed by atoms with Gasteiger partial charge in [0.25, 0.3) is 0 Å². The Hall–Kier alpha value is -4.17. The maximum atomic E-state index is 6.02. The number of pyridine rings is 1. The molecule has 0 radical (unpaired) electrons. The van der Waals surface area contributed by atoms with Crippen LogP contribution in [0.4, 0.5) is 0 Å². The van der Waals surface area contributed by atoms with Gasteiger partial charge in [-0.15, -0.1) is 0 Å². The van der Waals surface area contributed by atoms with Crippen molar-refractivity contribution in [1.82, 2.24) is 4.98 Å². The van der Waals surface area contributed by atoms with Crippen LogP contribution in [0.15, 0.2) is 95.6 Å². The topological polar surface area (TPSA) is 26.0 Å². The lowest BCUT2D eigenvalue weighted by atomic mass is 9.88. The molecule has 0 amide bonds. The molecule has 6 aromatic rings. The molecule has 0 saturated heterocycles. The summed E-state index contributed by atoms with van der Waals surface area (Å²) in [5, 5.41) is 3.54. The second kappa shape index (κ2) is 9.61. The van der Waals surface area contributed by atoms with Crippen LogP contribution in [0, 0.1) is 26.7 Å². The minimum atomic E-state index is 0.627. The third-order valence-corrected chi connectivity index (χ3v) is 7.48. The molecule has 2 aromatic heterocycles. The van der Waals surface area contributed by atoms with Crippen molar-refractivity contribution in [2.75, 3.05) is 0 Å². The van der Waals surface area contributed by atoms with Gasteiger partial charge in [-0.3, -0.25) is 0 Å². The quantitative estimate of drug-likeness (QED) is 0.238. The lowest BCUT2D eigenvalue weighted by Gasteiger charge is -2.17. The fourth-order valence-corrected chi connectivity index (χ4v) is 5.92. The van der Waals surface area contributed by atoms with Gasteiger partial charge in [0, 0.05) is 5.56 Å². The number of benzene rings is 4. The zero-order valence-corrected chi connectivity index (χ0v) is 22.8. The minimum Gasteiger partial charge on any atom is -0.446 e. The molecule has 0 bridgehead atoms. The van der Waals surface area contributed by atoms with Crippen molar-refractivity contribution >= 4 is 21.9 Å². The first kappa shape index (κ1) is 24.2. The first-order valence-corrected chi connectivity index (χ1v) is 13.5. The van der Waals surface area contributed by atoms with E-state index >= 15 is 0 Å². The van der Waals surface area contributed by atoms with Gasteiger partial charge in [-0.05, 0) is 107 Å². The smallest absolute Gasteiger partial charge is 0.227 e. The zero-order chi connectivity index (χ0) is 26.4. The molecule has 0 aliphatic heterocycles. The zero-order valence-electron chi connectivity index (χ0n) is 22.8. The molecule has 188 valence electrons. The van der Waals surface area contributed by atoms with Gasteiger partial charge in [0.2, 0.25) is 5.71 Å². The Morgan fingerprint density at radius 2 is 1.42 bits per heavy atom. The third kappa shape index (κ3) is 4.31. The summed E-state index contributed by atoms with van der Waals surface area (Å²) in [7, 11) is 0. The number of nitrogens with zero attached hydrogens (tertiary/aromatic N) is 1. The summed E-state index contributed by atoms with van der Waals surface area (Å²) < 4.78 is 6.02. The van der Waals surface area contributed by atoms with Crippen molar-refractivity contribution in [1.29, 1.82) is 0 Å². The molecule has 0 N–H and O–H groups in total. The number of furan rings is 1. The van der Waals surface area contributed by atoms with Gasteiger partial charge in [-0.1, -0.05) is 80.6 Å². The Kier molecular flexibility index (Phi) is 6.12. The summed E-state index contributed by atoms with van der Waals surface area (Å²) in [5.74, 6) is 0.627. The molecule has 38 heavy (non-hydrogen) atoms. The number of hydrogen-bond donors (Lipinski definition) is 0. The predicted molar refractivity (Wildman–Crippen MR) is 161 cm³/mol. The molecule has 0 aliphatic carbocycles. The molecule has 0 unspecified atom stereocenters. The number of hydrogen-bond acceptors (Lipinski definition) is 2.